The Morgan fingerprint density at radius 2 is 1.58 bits per heavy atom. The summed E-state index contributed by atoms with van der Waals surface area (Å²) in [5.41, 5.74) is 3.41. The Labute approximate surface area is 185 Å². The molecule has 0 N–H and O–H groups in total. The first-order chi connectivity index (χ1) is 15.1. The fourth-order valence-electron chi connectivity index (χ4n) is 3.09. The topological polar surface area (TPSA) is 55.0 Å². The smallest absolute Gasteiger partial charge is 0.343 e. The van der Waals surface area contributed by atoms with E-state index in [0.717, 1.165) is 16.8 Å². The summed E-state index contributed by atoms with van der Waals surface area (Å²) in [6, 6.07) is 27.4. The Kier molecular flexibility index (Phi) is 5.98. The predicted molar refractivity (Wildman–Crippen MR) is 122 cm³/mol. The van der Waals surface area contributed by atoms with Gasteiger partial charge in [0.25, 0.3) is 0 Å². The average Bonchev–Trinajstić information content (AvgIpc) is 3.33. The molecule has 1 aromatic heterocycles. The minimum Gasteiger partial charge on any atom is -0.423 e. The highest BCUT2D eigenvalue weighted by molar-refractivity contribution is 6.30. The van der Waals surface area contributed by atoms with Gasteiger partial charge in [-0.2, -0.15) is 5.26 Å². The van der Waals surface area contributed by atoms with Crippen molar-refractivity contribution in [1.29, 1.82) is 5.26 Å². The van der Waals surface area contributed by atoms with Crippen molar-refractivity contribution in [2.24, 2.45) is 0 Å². The summed E-state index contributed by atoms with van der Waals surface area (Å²) in [5, 5.41) is 10.1. The fourth-order valence-corrected chi connectivity index (χ4v) is 3.21. The molecule has 0 aliphatic heterocycles. The number of rotatable bonds is 5. The van der Waals surface area contributed by atoms with Crippen LogP contribution in [-0.2, 0) is 0 Å². The van der Waals surface area contributed by atoms with Gasteiger partial charge in [0.15, 0.2) is 0 Å². The number of ether oxygens (including phenoxy) is 1. The van der Waals surface area contributed by atoms with Crippen LogP contribution in [0.25, 0.3) is 17.3 Å². The number of nitrogens with zero attached hydrogens (tertiary/aromatic N) is 2. The van der Waals surface area contributed by atoms with Gasteiger partial charge in [0, 0.05) is 23.1 Å². The van der Waals surface area contributed by atoms with Crippen LogP contribution in [0.1, 0.15) is 21.5 Å². The number of nitriles is 1. The molecule has 0 atom stereocenters. The van der Waals surface area contributed by atoms with Crippen molar-refractivity contribution in [3.05, 3.63) is 119 Å². The van der Waals surface area contributed by atoms with Crippen molar-refractivity contribution in [2.75, 3.05) is 0 Å². The number of esters is 1. The summed E-state index contributed by atoms with van der Waals surface area (Å²) in [7, 11) is 0. The highest BCUT2D eigenvalue weighted by atomic mass is 35.5. The molecular formula is C26H17ClN2O2. The molecule has 1 heterocycles. The lowest BCUT2D eigenvalue weighted by molar-refractivity contribution is 0.0735. The van der Waals surface area contributed by atoms with Crippen LogP contribution < -0.4 is 4.74 Å². The number of halogens is 1. The van der Waals surface area contributed by atoms with E-state index in [2.05, 4.69) is 6.07 Å². The highest BCUT2D eigenvalue weighted by Gasteiger charge is 2.10. The molecule has 150 valence electrons. The molecule has 0 bridgehead atoms. The van der Waals surface area contributed by atoms with Gasteiger partial charge >= 0.3 is 5.97 Å². The first-order valence-electron chi connectivity index (χ1n) is 9.56. The Balaban J connectivity index is 1.51. The first kappa shape index (κ1) is 20.2. The largest absolute Gasteiger partial charge is 0.423 e. The van der Waals surface area contributed by atoms with Crippen LogP contribution in [0.5, 0.6) is 5.75 Å². The van der Waals surface area contributed by atoms with Crippen molar-refractivity contribution in [1.82, 2.24) is 4.57 Å². The van der Waals surface area contributed by atoms with Gasteiger partial charge in [-0.1, -0.05) is 35.9 Å². The van der Waals surface area contributed by atoms with E-state index in [1.807, 2.05) is 47.3 Å². The molecule has 0 saturated carbocycles. The van der Waals surface area contributed by atoms with E-state index >= 15 is 0 Å². The van der Waals surface area contributed by atoms with Crippen molar-refractivity contribution < 1.29 is 9.53 Å². The van der Waals surface area contributed by atoms with Gasteiger partial charge in [-0.3, -0.25) is 0 Å². The zero-order valence-electron chi connectivity index (χ0n) is 16.4. The Morgan fingerprint density at radius 3 is 2.26 bits per heavy atom. The minimum absolute atomic E-state index is 0.404. The zero-order valence-corrected chi connectivity index (χ0v) is 17.2. The van der Waals surface area contributed by atoms with Gasteiger partial charge in [-0.25, -0.2) is 4.79 Å². The van der Waals surface area contributed by atoms with Crippen molar-refractivity contribution in [3.63, 3.8) is 0 Å². The number of hydrogen-bond acceptors (Lipinski definition) is 3. The zero-order chi connectivity index (χ0) is 21.6. The van der Waals surface area contributed by atoms with Crippen LogP contribution in [0.15, 0.2) is 97.3 Å². The van der Waals surface area contributed by atoms with E-state index in [1.54, 1.807) is 60.7 Å². The van der Waals surface area contributed by atoms with Gasteiger partial charge in [0.2, 0.25) is 0 Å². The fraction of sp³-hybridized carbons (Fsp3) is 0. The summed E-state index contributed by atoms with van der Waals surface area (Å²) in [4.78, 5) is 12.5. The lowest BCUT2D eigenvalue weighted by Crippen LogP contribution is -2.08. The molecule has 4 rings (SSSR count). The summed E-state index contributed by atoms with van der Waals surface area (Å²) in [6.45, 7) is 0. The number of carbonyl (C=O) groups is 1. The van der Waals surface area contributed by atoms with E-state index in [-0.39, 0.29) is 0 Å². The van der Waals surface area contributed by atoms with Crippen molar-refractivity contribution in [2.45, 2.75) is 0 Å². The third-order valence-corrected chi connectivity index (χ3v) is 4.91. The maximum absolute atomic E-state index is 12.5. The normalized spacial score (nSPS) is 11.0. The second kappa shape index (κ2) is 9.17. The average molecular weight is 425 g/mol. The quantitative estimate of drug-likeness (QED) is 0.161. The molecule has 4 nitrogen and oxygen atoms in total. The Hall–Kier alpha value is -4.07. The monoisotopic (exact) mass is 424 g/mol. The SMILES string of the molecule is N#C/C(=C/c1cccc(OC(=O)c2ccc(-n3cccc3)cc2)c1)c1ccc(Cl)cc1. The molecular weight excluding hydrogens is 408 g/mol. The minimum atomic E-state index is -0.446. The van der Waals surface area contributed by atoms with Gasteiger partial charge in [0.05, 0.1) is 17.2 Å². The van der Waals surface area contributed by atoms with E-state index in [9.17, 15) is 10.1 Å². The lowest BCUT2D eigenvalue weighted by Gasteiger charge is -2.07. The van der Waals surface area contributed by atoms with Gasteiger partial charge in [-0.15, -0.1) is 0 Å². The summed E-state index contributed by atoms with van der Waals surface area (Å²) in [6.07, 6.45) is 5.62. The Bertz CT molecular complexity index is 1270. The van der Waals surface area contributed by atoms with E-state index in [1.165, 1.54) is 0 Å². The maximum Gasteiger partial charge on any atom is 0.343 e. The van der Waals surface area contributed by atoms with Gasteiger partial charge < -0.3 is 9.30 Å². The number of carbonyl (C=O) groups excluding carboxylic acids is 1. The van der Waals surface area contributed by atoms with Crippen LogP contribution in [0.2, 0.25) is 5.02 Å². The van der Waals surface area contributed by atoms with Gasteiger partial charge in [0.1, 0.15) is 5.75 Å². The molecule has 0 spiro atoms. The molecule has 3 aromatic carbocycles. The number of hydrogen-bond donors (Lipinski definition) is 0. The van der Waals surface area contributed by atoms with Crippen LogP contribution in [0.4, 0.5) is 0 Å². The summed E-state index contributed by atoms with van der Waals surface area (Å²) >= 11 is 5.92. The van der Waals surface area contributed by atoms with Crippen LogP contribution in [0, 0.1) is 11.3 Å². The van der Waals surface area contributed by atoms with Crippen molar-refractivity contribution >= 4 is 29.2 Å². The predicted octanol–water partition coefficient (Wildman–Crippen LogP) is 6.41. The number of benzene rings is 3. The number of aromatic nitrogens is 1. The standard InChI is InChI=1S/C26H17ClN2O2/c27-23-10-6-20(7-11-23)22(18-28)16-19-4-3-5-25(17-19)31-26(30)21-8-12-24(13-9-21)29-14-1-2-15-29/h1-17H/b22-16-. The summed E-state index contributed by atoms with van der Waals surface area (Å²) < 4.78 is 7.49. The summed E-state index contributed by atoms with van der Waals surface area (Å²) in [5.74, 6) is -0.0416. The first-order valence-corrected chi connectivity index (χ1v) is 9.93. The molecule has 0 amide bonds. The highest BCUT2D eigenvalue weighted by Crippen LogP contribution is 2.23. The maximum atomic E-state index is 12.5. The third kappa shape index (κ3) is 4.92. The van der Waals surface area contributed by atoms with E-state index < -0.39 is 5.97 Å². The molecule has 0 fully saturated rings. The lowest BCUT2D eigenvalue weighted by atomic mass is 10.0. The molecule has 31 heavy (non-hydrogen) atoms. The molecule has 0 radical (unpaired) electrons. The molecule has 0 aliphatic carbocycles. The third-order valence-electron chi connectivity index (χ3n) is 4.66. The molecule has 5 heteroatoms. The second-order valence-electron chi connectivity index (χ2n) is 6.78. The van der Waals surface area contributed by atoms with Gasteiger partial charge in [-0.05, 0) is 77.9 Å². The molecule has 0 unspecified atom stereocenters. The molecule has 4 aromatic rings. The van der Waals surface area contributed by atoms with E-state index in [0.29, 0.717) is 21.9 Å². The Morgan fingerprint density at radius 1 is 0.903 bits per heavy atom. The molecule has 0 saturated heterocycles. The van der Waals surface area contributed by atoms with Crippen LogP contribution >= 0.6 is 11.6 Å². The molecule has 0 aliphatic rings. The second-order valence-corrected chi connectivity index (χ2v) is 7.21. The van der Waals surface area contributed by atoms with Crippen molar-refractivity contribution in [3.8, 4) is 17.5 Å². The van der Waals surface area contributed by atoms with E-state index in [4.69, 9.17) is 16.3 Å². The van der Waals surface area contributed by atoms with Crippen LogP contribution in [0.3, 0.4) is 0 Å². The number of allylic oxidation sites excluding steroid dienone is 1. The van der Waals surface area contributed by atoms with Crippen LogP contribution in [-0.4, -0.2) is 10.5 Å².